The molecular formula is C16H14ClNOS. The van der Waals surface area contributed by atoms with Gasteiger partial charge in [0.1, 0.15) is 11.2 Å². The standard InChI is InChI=1S/C16H14ClNOS/c17-15-5-1-12(2-6-15)9-14(10-20-11-18)13-3-7-16(19)8-4-13/h1-8,14,19H,9-10H2. The van der Waals surface area contributed by atoms with Gasteiger partial charge >= 0.3 is 0 Å². The number of phenols is 1. The van der Waals surface area contributed by atoms with Gasteiger partial charge in [0.15, 0.2) is 0 Å². The molecule has 0 amide bonds. The molecule has 1 N–H and O–H groups in total. The summed E-state index contributed by atoms with van der Waals surface area (Å²) < 4.78 is 0. The smallest absolute Gasteiger partial charge is 0.133 e. The van der Waals surface area contributed by atoms with E-state index in [2.05, 4.69) is 5.40 Å². The Bertz CT molecular complexity index is 589. The van der Waals surface area contributed by atoms with Gasteiger partial charge in [0.2, 0.25) is 0 Å². The monoisotopic (exact) mass is 303 g/mol. The molecule has 0 bridgehead atoms. The van der Waals surface area contributed by atoms with Crippen LogP contribution in [-0.2, 0) is 6.42 Å². The molecule has 0 saturated carbocycles. The number of hydrogen-bond acceptors (Lipinski definition) is 3. The van der Waals surface area contributed by atoms with Crippen LogP contribution >= 0.6 is 23.4 Å². The Morgan fingerprint density at radius 3 is 2.35 bits per heavy atom. The van der Waals surface area contributed by atoms with E-state index in [1.165, 1.54) is 17.3 Å². The number of thiocyanates is 1. The maximum Gasteiger partial charge on any atom is 0.133 e. The minimum Gasteiger partial charge on any atom is -0.508 e. The Morgan fingerprint density at radius 1 is 1.10 bits per heavy atom. The lowest BCUT2D eigenvalue weighted by Crippen LogP contribution is -2.05. The zero-order chi connectivity index (χ0) is 14.4. The molecule has 0 radical (unpaired) electrons. The first-order valence-corrected chi connectivity index (χ1v) is 7.59. The fourth-order valence-electron chi connectivity index (χ4n) is 2.06. The van der Waals surface area contributed by atoms with Crippen LogP contribution in [0.25, 0.3) is 0 Å². The van der Waals surface area contributed by atoms with Crippen molar-refractivity contribution in [3.8, 4) is 11.2 Å². The van der Waals surface area contributed by atoms with E-state index < -0.39 is 0 Å². The van der Waals surface area contributed by atoms with Crippen molar-refractivity contribution in [2.75, 3.05) is 5.75 Å². The number of hydrogen-bond donors (Lipinski definition) is 1. The molecule has 1 atom stereocenters. The molecule has 4 heteroatoms. The second-order valence-corrected chi connectivity index (χ2v) is 5.76. The SMILES string of the molecule is N#CSCC(Cc1ccc(Cl)cc1)c1ccc(O)cc1. The predicted octanol–water partition coefficient (Wildman–Crippen LogP) is 4.59. The molecule has 0 spiro atoms. The van der Waals surface area contributed by atoms with E-state index in [4.69, 9.17) is 16.9 Å². The summed E-state index contributed by atoms with van der Waals surface area (Å²) >= 11 is 7.15. The van der Waals surface area contributed by atoms with Gasteiger partial charge in [-0.05, 0) is 59.5 Å². The maximum atomic E-state index is 9.36. The highest BCUT2D eigenvalue weighted by Gasteiger charge is 2.13. The van der Waals surface area contributed by atoms with Gasteiger partial charge in [-0.3, -0.25) is 0 Å². The van der Waals surface area contributed by atoms with Crippen molar-refractivity contribution in [1.29, 1.82) is 5.26 Å². The first-order valence-electron chi connectivity index (χ1n) is 6.23. The lowest BCUT2D eigenvalue weighted by molar-refractivity contribution is 0.475. The highest BCUT2D eigenvalue weighted by molar-refractivity contribution is 8.03. The van der Waals surface area contributed by atoms with E-state index in [9.17, 15) is 5.11 Å². The largest absolute Gasteiger partial charge is 0.508 e. The molecule has 2 rings (SSSR count). The van der Waals surface area contributed by atoms with Crippen LogP contribution in [-0.4, -0.2) is 10.9 Å². The summed E-state index contributed by atoms with van der Waals surface area (Å²) in [6, 6.07) is 15.0. The van der Waals surface area contributed by atoms with Gasteiger partial charge in [-0.1, -0.05) is 35.9 Å². The van der Waals surface area contributed by atoms with Crippen LogP contribution in [0.15, 0.2) is 48.5 Å². The molecule has 1 unspecified atom stereocenters. The lowest BCUT2D eigenvalue weighted by Gasteiger charge is -2.16. The molecule has 2 aromatic rings. The second-order valence-electron chi connectivity index (χ2n) is 4.52. The van der Waals surface area contributed by atoms with Crippen molar-refractivity contribution in [1.82, 2.24) is 0 Å². The van der Waals surface area contributed by atoms with Crippen LogP contribution in [0.3, 0.4) is 0 Å². The second kappa shape index (κ2) is 7.23. The van der Waals surface area contributed by atoms with Crippen molar-refractivity contribution in [3.05, 3.63) is 64.7 Å². The summed E-state index contributed by atoms with van der Waals surface area (Å²) in [5.74, 6) is 1.22. The Kier molecular flexibility index (Phi) is 5.34. The average molecular weight is 304 g/mol. The summed E-state index contributed by atoms with van der Waals surface area (Å²) in [6.45, 7) is 0. The Balaban J connectivity index is 2.17. The first-order chi connectivity index (χ1) is 9.69. The van der Waals surface area contributed by atoms with Crippen molar-refractivity contribution in [3.63, 3.8) is 0 Å². The Labute approximate surface area is 128 Å². The van der Waals surface area contributed by atoms with Gasteiger partial charge in [-0.15, -0.1) is 0 Å². The van der Waals surface area contributed by atoms with Crippen molar-refractivity contribution < 1.29 is 5.11 Å². The van der Waals surface area contributed by atoms with E-state index in [1.54, 1.807) is 12.1 Å². The van der Waals surface area contributed by atoms with Crippen LogP contribution in [0.4, 0.5) is 0 Å². The number of nitrogens with zero attached hydrogens (tertiary/aromatic N) is 1. The minimum atomic E-state index is 0.237. The highest BCUT2D eigenvalue weighted by Crippen LogP contribution is 2.26. The number of aromatic hydroxyl groups is 1. The van der Waals surface area contributed by atoms with E-state index in [0.29, 0.717) is 0 Å². The third-order valence-electron chi connectivity index (χ3n) is 3.11. The van der Waals surface area contributed by atoms with Crippen LogP contribution in [0.5, 0.6) is 5.75 Å². The molecule has 2 aromatic carbocycles. The van der Waals surface area contributed by atoms with Crippen LogP contribution in [0.1, 0.15) is 17.0 Å². The number of phenolic OH excluding ortho intramolecular Hbond substituents is 1. The molecule has 102 valence electrons. The maximum absolute atomic E-state index is 9.36. The molecule has 0 fully saturated rings. The normalized spacial score (nSPS) is 11.8. The minimum absolute atomic E-state index is 0.237. The average Bonchev–Trinajstić information content (AvgIpc) is 2.46. The number of halogens is 1. The van der Waals surface area contributed by atoms with Gasteiger partial charge < -0.3 is 5.11 Å². The van der Waals surface area contributed by atoms with Gasteiger partial charge in [0, 0.05) is 10.8 Å². The molecule has 0 heterocycles. The fraction of sp³-hybridized carbons (Fsp3) is 0.188. The van der Waals surface area contributed by atoms with Crippen LogP contribution in [0, 0.1) is 10.7 Å². The Hall–Kier alpha value is -1.63. The van der Waals surface area contributed by atoms with Crippen LogP contribution in [0.2, 0.25) is 5.02 Å². The fourth-order valence-corrected chi connectivity index (χ4v) is 2.77. The molecule has 2 nitrogen and oxygen atoms in total. The molecule has 20 heavy (non-hydrogen) atoms. The third kappa shape index (κ3) is 4.19. The number of rotatable bonds is 5. The number of nitriles is 1. The molecule has 0 aliphatic heterocycles. The third-order valence-corrected chi connectivity index (χ3v) is 4.06. The highest BCUT2D eigenvalue weighted by atomic mass is 35.5. The van der Waals surface area contributed by atoms with Crippen LogP contribution < -0.4 is 0 Å². The molecule has 0 aromatic heterocycles. The molecule has 0 aliphatic rings. The van der Waals surface area contributed by atoms with Gasteiger partial charge in [-0.25, -0.2) is 0 Å². The first kappa shape index (κ1) is 14.8. The van der Waals surface area contributed by atoms with E-state index in [-0.39, 0.29) is 11.7 Å². The quantitative estimate of drug-likeness (QED) is 0.822. The summed E-state index contributed by atoms with van der Waals surface area (Å²) in [7, 11) is 0. The number of thioether (sulfide) groups is 1. The molecule has 0 aliphatic carbocycles. The zero-order valence-electron chi connectivity index (χ0n) is 10.8. The van der Waals surface area contributed by atoms with E-state index in [1.807, 2.05) is 36.4 Å². The van der Waals surface area contributed by atoms with Crippen molar-refractivity contribution in [2.24, 2.45) is 0 Å². The predicted molar refractivity (Wildman–Crippen MR) is 84.1 cm³/mol. The Morgan fingerprint density at radius 2 is 1.75 bits per heavy atom. The summed E-state index contributed by atoms with van der Waals surface area (Å²) in [5, 5.41) is 21.0. The van der Waals surface area contributed by atoms with Crippen molar-refractivity contribution >= 4 is 23.4 Å². The summed E-state index contributed by atoms with van der Waals surface area (Å²) in [4.78, 5) is 0. The zero-order valence-corrected chi connectivity index (χ0v) is 12.4. The number of benzene rings is 2. The summed E-state index contributed by atoms with van der Waals surface area (Å²) in [6.07, 6.45) is 0.844. The van der Waals surface area contributed by atoms with E-state index in [0.717, 1.165) is 22.8 Å². The van der Waals surface area contributed by atoms with Gasteiger partial charge in [-0.2, -0.15) is 5.26 Å². The van der Waals surface area contributed by atoms with Gasteiger partial charge in [0.05, 0.1) is 0 Å². The topological polar surface area (TPSA) is 44.0 Å². The lowest BCUT2D eigenvalue weighted by atomic mass is 9.93. The van der Waals surface area contributed by atoms with Crippen molar-refractivity contribution in [2.45, 2.75) is 12.3 Å². The summed E-state index contributed by atoms with van der Waals surface area (Å²) in [5.41, 5.74) is 2.31. The molecule has 0 saturated heterocycles. The van der Waals surface area contributed by atoms with Gasteiger partial charge in [0.25, 0.3) is 0 Å². The van der Waals surface area contributed by atoms with E-state index >= 15 is 0 Å². The molecular weight excluding hydrogens is 290 g/mol.